The smallest absolute Gasteiger partial charge is 0.218 e. The van der Waals surface area contributed by atoms with Gasteiger partial charge in [-0.05, 0) is 12.1 Å². The third kappa shape index (κ3) is 2.43. The van der Waals surface area contributed by atoms with Crippen molar-refractivity contribution in [1.29, 1.82) is 0 Å². The van der Waals surface area contributed by atoms with E-state index in [1.165, 1.54) is 7.11 Å². The molecule has 0 saturated heterocycles. The Balaban J connectivity index is 2.93. The summed E-state index contributed by atoms with van der Waals surface area (Å²) in [5.74, 6) is 0.333. The molecule has 5 heteroatoms. The van der Waals surface area contributed by atoms with Crippen molar-refractivity contribution in [2.24, 2.45) is 0 Å². The Labute approximate surface area is 90.7 Å². The summed E-state index contributed by atoms with van der Waals surface area (Å²) in [6, 6.07) is 3.35. The summed E-state index contributed by atoms with van der Waals surface area (Å²) >= 11 is 3.09. The van der Waals surface area contributed by atoms with Crippen LogP contribution in [-0.4, -0.2) is 33.7 Å². The number of methoxy groups -OCH3 is 1. The molecule has 0 aliphatic rings. The molecule has 2 atom stereocenters. The predicted octanol–water partition coefficient (Wildman–Crippen LogP) is 0.879. The van der Waals surface area contributed by atoms with E-state index in [1.54, 1.807) is 18.3 Å². The molecule has 0 radical (unpaired) electrons. The largest absolute Gasteiger partial charge is 0.481 e. The molecule has 2 unspecified atom stereocenters. The van der Waals surface area contributed by atoms with Gasteiger partial charge in [0.1, 0.15) is 6.10 Å². The maximum atomic E-state index is 9.70. The third-order valence-electron chi connectivity index (χ3n) is 1.84. The molecule has 0 spiro atoms. The van der Waals surface area contributed by atoms with Gasteiger partial charge in [-0.25, -0.2) is 4.98 Å². The molecule has 1 rings (SSSR count). The van der Waals surface area contributed by atoms with Gasteiger partial charge in [-0.3, -0.25) is 0 Å². The van der Waals surface area contributed by atoms with Gasteiger partial charge in [0.2, 0.25) is 5.88 Å². The minimum absolute atomic E-state index is 0.298. The van der Waals surface area contributed by atoms with Crippen LogP contribution in [0.3, 0.4) is 0 Å². The van der Waals surface area contributed by atoms with Crippen LogP contribution in [0.2, 0.25) is 0 Å². The van der Waals surface area contributed by atoms with Crippen LogP contribution in [-0.2, 0) is 0 Å². The van der Waals surface area contributed by atoms with Crippen molar-refractivity contribution in [3.63, 3.8) is 0 Å². The number of hydrogen-bond acceptors (Lipinski definition) is 4. The molecule has 1 aromatic heterocycles. The van der Waals surface area contributed by atoms with E-state index < -0.39 is 12.2 Å². The average Bonchev–Trinajstić information content (AvgIpc) is 2.26. The fourth-order valence-corrected chi connectivity index (χ4v) is 1.44. The lowest BCUT2D eigenvalue weighted by Crippen LogP contribution is -2.20. The van der Waals surface area contributed by atoms with Crippen LogP contribution in [0.25, 0.3) is 0 Å². The Morgan fingerprint density at radius 2 is 2.29 bits per heavy atom. The average molecular weight is 262 g/mol. The van der Waals surface area contributed by atoms with Crippen LogP contribution >= 0.6 is 15.9 Å². The van der Waals surface area contributed by atoms with E-state index >= 15 is 0 Å². The number of aliphatic hydroxyl groups excluding tert-OH is 2. The Bertz CT molecular complexity index is 295. The Kier molecular flexibility index (Phi) is 4.31. The molecule has 0 amide bonds. The topological polar surface area (TPSA) is 62.6 Å². The first-order valence-corrected chi connectivity index (χ1v) is 5.23. The zero-order valence-electron chi connectivity index (χ0n) is 7.72. The summed E-state index contributed by atoms with van der Waals surface area (Å²) in [5.41, 5.74) is 0.488. The predicted molar refractivity (Wildman–Crippen MR) is 55.5 cm³/mol. The molecule has 78 valence electrons. The third-order valence-corrected chi connectivity index (χ3v) is 2.50. The van der Waals surface area contributed by atoms with E-state index in [0.29, 0.717) is 16.8 Å². The number of rotatable bonds is 4. The van der Waals surface area contributed by atoms with Crippen LogP contribution in [0.5, 0.6) is 5.88 Å². The molecular formula is C9H12BrNO3. The van der Waals surface area contributed by atoms with Crippen molar-refractivity contribution in [3.05, 3.63) is 23.9 Å². The number of alkyl halides is 1. The summed E-state index contributed by atoms with van der Waals surface area (Å²) in [6.07, 6.45) is -0.290. The molecule has 0 fully saturated rings. The Morgan fingerprint density at radius 3 is 2.86 bits per heavy atom. The van der Waals surface area contributed by atoms with Crippen LogP contribution in [0.15, 0.2) is 18.3 Å². The number of aliphatic hydroxyl groups is 2. The zero-order valence-corrected chi connectivity index (χ0v) is 9.31. The Hall–Kier alpha value is -0.650. The summed E-state index contributed by atoms with van der Waals surface area (Å²) in [4.78, 5) is 3.93. The maximum absolute atomic E-state index is 9.70. The molecule has 4 nitrogen and oxygen atoms in total. The van der Waals surface area contributed by atoms with Crippen LogP contribution in [0.4, 0.5) is 0 Å². The summed E-state index contributed by atoms with van der Waals surface area (Å²) < 4.78 is 4.96. The van der Waals surface area contributed by atoms with Gasteiger partial charge in [0.25, 0.3) is 0 Å². The molecule has 14 heavy (non-hydrogen) atoms. The fraction of sp³-hybridized carbons (Fsp3) is 0.444. The van der Waals surface area contributed by atoms with Gasteiger partial charge in [0.05, 0.1) is 13.2 Å². The highest BCUT2D eigenvalue weighted by Gasteiger charge is 2.20. The minimum atomic E-state index is -0.988. The van der Waals surface area contributed by atoms with Gasteiger partial charge in [0.15, 0.2) is 0 Å². The molecule has 1 aromatic rings. The van der Waals surface area contributed by atoms with E-state index in [9.17, 15) is 10.2 Å². The molecule has 0 bridgehead atoms. The second-order valence-electron chi connectivity index (χ2n) is 2.77. The molecule has 0 aliphatic heterocycles. The summed E-state index contributed by atoms with van der Waals surface area (Å²) in [6.45, 7) is 0. The van der Waals surface area contributed by atoms with Crippen molar-refractivity contribution in [3.8, 4) is 5.88 Å². The normalized spacial score (nSPS) is 14.9. The number of pyridine rings is 1. The standard InChI is InChI=1S/C9H12BrNO3/c1-14-9-6(3-2-4-11-9)8(13)7(12)5-10/h2-4,7-8,12-13H,5H2,1H3. The van der Waals surface area contributed by atoms with E-state index in [2.05, 4.69) is 20.9 Å². The van der Waals surface area contributed by atoms with E-state index in [1.807, 2.05) is 0 Å². The molecule has 1 heterocycles. The Morgan fingerprint density at radius 1 is 1.57 bits per heavy atom. The van der Waals surface area contributed by atoms with Crippen LogP contribution in [0.1, 0.15) is 11.7 Å². The minimum Gasteiger partial charge on any atom is -0.481 e. The van der Waals surface area contributed by atoms with Gasteiger partial charge < -0.3 is 14.9 Å². The van der Waals surface area contributed by atoms with E-state index in [4.69, 9.17) is 4.74 Å². The zero-order chi connectivity index (χ0) is 10.6. The van der Waals surface area contributed by atoms with Crippen molar-refractivity contribution >= 4 is 15.9 Å². The number of ether oxygens (including phenoxy) is 1. The number of aromatic nitrogens is 1. The quantitative estimate of drug-likeness (QED) is 0.791. The first kappa shape index (κ1) is 11.4. The van der Waals surface area contributed by atoms with E-state index in [-0.39, 0.29) is 0 Å². The molecular weight excluding hydrogens is 250 g/mol. The van der Waals surface area contributed by atoms with Crippen LogP contribution < -0.4 is 4.74 Å². The van der Waals surface area contributed by atoms with Crippen molar-refractivity contribution in [2.45, 2.75) is 12.2 Å². The highest BCUT2D eigenvalue weighted by Crippen LogP contribution is 2.25. The van der Waals surface area contributed by atoms with Crippen LogP contribution in [0, 0.1) is 0 Å². The van der Waals surface area contributed by atoms with Gasteiger partial charge in [-0.2, -0.15) is 0 Å². The highest BCUT2D eigenvalue weighted by molar-refractivity contribution is 9.09. The highest BCUT2D eigenvalue weighted by atomic mass is 79.9. The first-order chi connectivity index (χ1) is 6.70. The van der Waals surface area contributed by atoms with Gasteiger partial charge in [-0.1, -0.05) is 15.9 Å². The number of nitrogens with zero attached hydrogens (tertiary/aromatic N) is 1. The monoisotopic (exact) mass is 261 g/mol. The van der Waals surface area contributed by atoms with Crippen molar-refractivity contribution in [1.82, 2.24) is 4.98 Å². The maximum Gasteiger partial charge on any atom is 0.218 e. The summed E-state index contributed by atoms with van der Waals surface area (Å²) in [5, 5.41) is 19.4. The molecule has 0 aliphatic carbocycles. The van der Waals surface area contributed by atoms with Gasteiger partial charge >= 0.3 is 0 Å². The number of hydrogen-bond donors (Lipinski definition) is 2. The lowest BCUT2D eigenvalue weighted by atomic mass is 10.1. The van der Waals surface area contributed by atoms with Gasteiger partial charge in [0, 0.05) is 17.1 Å². The lowest BCUT2D eigenvalue weighted by Gasteiger charge is -2.17. The first-order valence-electron chi connectivity index (χ1n) is 4.11. The van der Waals surface area contributed by atoms with Gasteiger partial charge in [-0.15, -0.1) is 0 Å². The van der Waals surface area contributed by atoms with Crippen molar-refractivity contribution < 1.29 is 14.9 Å². The van der Waals surface area contributed by atoms with E-state index in [0.717, 1.165) is 0 Å². The molecule has 0 aromatic carbocycles. The fourth-order valence-electron chi connectivity index (χ4n) is 1.09. The SMILES string of the molecule is COc1ncccc1C(O)C(O)CBr. The lowest BCUT2D eigenvalue weighted by molar-refractivity contribution is 0.0323. The molecule has 0 saturated carbocycles. The molecule has 2 N–H and O–H groups in total. The summed E-state index contributed by atoms with van der Waals surface area (Å²) in [7, 11) is 1.47. The second kappa shape index (κ2) is 5.29. The van der Waals surface area contributed by atoms with Crippen molar-refractivity contribution in [2.75, 3.05) is 12.4 Å². The number of halogens is 1. The second-order valence-corrected chi connectivity index (χ2v) is 3.42.